The Morgan fingerprint density at radius 3 is 1.89 bits per heavy atom. The maximum absolute atomic E-state index is 15.1. The maximum Gasteiger partial charge on any atom is 0.324 e. The summed E-state index contributed by atoms with van der Waals surface area (Å²) in [5.41, 5.74) is 37.6. The van der Waals surface area contributed by atoms with Crippen molar-refractivity contribution in [1.82, 2.24) is 63.2 Å². The van der Waals surface area contributed by atoms with Gasteiger partial charge in [-0.05, 0) is 81.4 Å². The van der Waals surface area contributed by atoms with E-state index in [1.165, 1.54) is 0 Å². The van der Waals surface area contributed by atoms with Gasteiger partial charge in [0.15, 0.2) is 11.9 Å². The lowest BCUT2D eigenvalue weighted by Gasteiger charge is -2.31. The van der Waals surface area contributed by atoms with E-state index in [4.69, 9.17) is 39.2 Å². The summed E-state index contributed by atoms with van der Waals surface area (Å²) in [6, 6.07) is 0.562. The normalized spacial score (nSPS) is 21.2. The number of benzene rings is 2. The number of para-hydroxylation sites is 1. The average Bonchev–Trinajstić information content (AvgIpc) is 1.64. The molecule has 3 aromatic rings. The van der Waals surface area contributed by atoms with Crippen LogP contribution < -0.4 is 87.7 Å². The Hall–Kier alpha value is -10.5. The standard InChI is InChI=1S/C64H96N20O16/c1-3-4-17-42(79-60(97)49(34-85)83-56(93)44(21-13-27-72-64(69)70)77-57(94)45(75-35(2)86)22-24-51(65)88)54(91)80-46-23-25-52(89)100-74-28-11-10-19-41(53(66)90)76-59(96)48(30-37-32-73-40-18-9-8-16-39(37)40)81-55(92)43(20-12-26-71-63(67)68)78-58(95)47(29-36-14-6-5-7-15-36)82-61(98)50-31-38(87)33-84(50)62(46)99/h5-9,14-16,18,32,38,41-50,73-74,85,87H,3-4,10-13,17,19-31,33-34H2,1-2H3,(H2,65,88)(H2,66,90)(H,75,86)(H,76,96)(H,77,94)(H,78,95)(H,79,97)(H,80,91)(H,81,92)(H,82,98)(H,83,93)(H4,67,68,71)(H4,69,70,72)/t38?,41-,42-,43-,44-,45-,46-,47+,48-,49-,50-/m0/s1. The van der Waals surface area contributed by atoms with Crippen LogP contribution in [0.4, 0.5) is 0 Å². The number of nitrogens with zero attached hydrogens (tertiary/aromatic N) is 3. The molecule has 1 unspecified atom stereocenters. The summed E-state index contributed by atoms with van der Waals surface area (Å²) in [6.07, 6.45) is -1.18. The predicted octanol–water partition coefficient (Wildman–Crippen LogP) is -5.65. The highest BCUT2D eigenvalue weighted by Crippen LogP contribution is 2.23. The highest BCUT2D eigenvalue weighted by molar-refractivity contribution is 6.00. The topological polar surface area (TPSA) is 592 Å². The molecule has 36 nitrogen and oxygen atoms in total. The van der Waals surface area contributed by atoms with Crippen LogP contribution in [0.25, 0.3) is 10.9 Å². The zero-order valence-electron chi connectivity index (χ0n) is 56.1. The number of carbonyl (C=O) groups is 13. The molecular weight excluding hydrogens is 1300 g/mol. The number of fused-ring (bicyclic) bond motifs is 2. The van der Waals surface area contributed by atoms with E-state index in [0.717, 1.165) is 22.7 Å². The number of rotatable bonds is 29. The first-order valence-electron chi connectivity index (χ1n) is 33.2. The molecule has 2 saturated heterocycles. The highest BCUT2D eigenvalue weighted by Gasteiger charge is 2.44. The summed E-state index contributed by atoms with van der Waals surface area (Å²) >= 11 is 0. The lowest BCUT2D eigenvalue weighted by molar-refractivity contribution is -0.152. The number of carbonyl (C=O) groups excluding carboxylic acids is 13. The minimum atomic E-state index is -1.81. The van der Waals surface area contributed by atoms with Gasteiger partial charge in [-0.15, -0.1) is 0 Å². The summed E-state index contributed by atoms with van der Waals surface area (Å²) in [5, 5.41) is 45.7. The molecule has 100 heavy (non-hydrogen) atoms. The Morgan fingerprint density at radius 2 is 1.24 bits per heavy atom. The fourth-order valence-electron chi connectivity index (χ4n) is 11.2. The SMILES string of the molecule is CCCC[C@H](NC(=O)[C@H](CO)NC(=O)[C@H](CCCN=C(N)N)NC(=O)[C@H](CCC(N)=O)NC(C)=O)C(=O)N[C@H]1CCC(=O)ONCCCC[C@@H](C(N)=O)NC(=O)[C@H](Cc2c[nH]c3ccccc23)NC(=O)[C@H](CCCN=C(N)N)NC(=O)[C@@H](Cc2ccccc2)NC(=O)[C@@H]2CC(O)CN2C1=O. The molecule has 3 heterocycles. The fraction of sp³-hybridized carbons (Fsp3) is 0.547. The van der Waals surface area contributed by atoms with Gasteiger partial charge in [0.05, 0.1) is 12.7 Å². The number of nitrogens with one attached hydrogen (secondary N) is 11. The summed E-state index contributed by atoms with van der Waals surface area (Å²) in [7, 11) is 0. The van der Waals surface area contributed by atoms with Crippen molar-refractivity contribution in [2.24, 2.45) is 44.4 Å². The second kappa shape index (κ2) is 41.0. The smallest absolute Gasteiger partial charge is 0.324 e. The summed E-state index contributed by atoms with van der Waals surface area (Å²) < 4.78 is 0. The third-order valence-electron chi connectivity index (χ3n) is 16.5. The number of aliphatic hydroxyl groups is 2. The van der Waals surface area contributed by atoms with Crippen molar-refractivity contribution in [1.29, 1.82) is 0 Å². The predicted molar refractivity (Wildman–Crippen MR) is 363 cm³/mol. The van der Waals surface area contributed by atoms with Crippen LogP contribution in [-0.2, 0) is 80.0 Å². The molecule has 2 aliphatic rings. The van der Waals surface area contributed by atoms with Crippen LogP contribution in [0.1, 0.15) is 121 Å². The van der Waals surface area contributed by atoms with Crippen molar-refractivity contribution in [3.63, 3.8) is 0 Å². The average molecular weight is 1400 g/mol. The number of hydrogen-bond acceptors (Lipinski definition) is 19. The molecule has 25 N–H and O–H groups in total. The Morgan fingerprint density at radius 1 is 0.660 bits per heavy atom. The monoisotopic (exact) mass is 1400 g/mol. The molecule has 12 amide bonds. The van der Waals surface area contributed by atoms with Crippen LogP contribution in [0.2, 0.25) is 0 Å². The second-order valence-electron chi connectivity index (χ2n) is 24.4. The van der Waals surface area contributed by atoms with Gasteiger partial charge in [-0.1, -0.05) is 68.3 Å². The van der Waals surface area contributed by atoms with Crippen LogP contribution in [0, 0.1) is 0 Å². The first-order valence-corrected chi connectivity index (χ1v) is 33.2. The van der Waals surface area contributed by atoms with E-state index in [0.29, 0.717) is 17.5 Å². The van der Waals surface area contributed by atoms with Crippen molar-refractivity contribution >= 4 is 99.7 Å². The molecule has 2 aliphatic heterocycles. The third kappa shape index (κ3) is 26.7. The highest BCUT2D eigenvalue weighted by atomic mass is 16.7. The molecule has 0 spiro atoms. The number of aliphatic imine (C=N–C) groups is 2. The lowest BCUT2D eigenvalue weighted by atomic mass is 10.0. The van der Waals surface area contributed by atoms with Crippen molar-refractivity contribution < 1.29 is 77.4 Å². The van der Waals surface area contributed by atoms with Gasteiger partial charge in [0.25, 0.3) is 0 Å². The molecule has 2 aromatic carbocycles. The number of H-pyrrole nitrogens is 1. The molecule has 0 bridgehead atoms. The van der Waals surface area contributed by atoms with Gasteiger partial charge < -0.3 is 107 Å². The van der Waals surface area contributed by atoms with E-state index >= 15 is 4.79 Å². The molecule has 2 fully saturated rings. The summed E-state index contributed by atoms with van der Waals surface area (Å²) in [5.74, 6) is -12.4. The molecule has 548 valence electrons. The summed E-state index contributed by atoms with van der Waals surface area (Å²) in [6.45, 7) is 1.29. The molecule has 11 atom stereocenters. The van der Waals surface area contributed by atoms with Gasteiger partial charge in [-0.25, -0.2) is 0 Å². The van der Waals surface area contributed by atoms with Gasteiger partial charge >= 0.3 is 5.97 Å². The Bertz CT molecular complexity index is 3380. The van der Waals surface area contributed by atoms with Gasteiger partial charge in [0, 0.05) is 82.3 Å². The van der Waals surface area contributed by atoms with E-state index in [1.807, 2.05) is 12.1 Å². The minimum Gasteiger partial charge on any atom is -0.394 e. The van der Waals surface area contributed by atoms with Crippen LogP contribution >= 0.6 is 0 Å². The number of aromatic amines is 1. The number of guanidine groups is 2. The number of hydrogen-bond donors (Lipinski definition) is 19. The van der Waals surface area contributed by atoms with Crippen molar-refractivity contribution in [3.05, 3.63) is 71.9 Å². The fourth-order valence-corrected chi connectivity index (χ4v) is 11.2. The number of nitrogens with two attached hydrogens (primary N) is 6. The first-order chi connectivity index (χ1) is 47.7. The summed E-state index contributed by atoms with van der Waals surface area (Å²) in [4.78, 5) is 198. The van der Waals surface area contributed by atoms with Gasteiger partial charge in [0.2, 0.25) is 70.9 Å². The van der Waals surface area contributed by atoms with Crippen molar-refractivity contribution in [3.8, 4) is 0 Å². The molecule has 0 radical (unpaired) electrons. The van der Waals surface area contributed by atoms with Crippen LogP contribution in [0.3, 0.4) is 0 Å². The van der Waals surface area contributed by atoms with Gasteiger partial charge in [-0.2, -0.15) is 5.48 Å². The van der Waals surface area contributed by atoms with Crippen LogP contribution in [0.5, 0.6) is 0 Å². The van der Waals surface area contributed by atoms with Crippen LogP contribution in [0.15, 0.2) is 70.8 Å². The molecule has 5 rings (SSSR count). The number of primary amides is 2. The van der Waals surface area contributed by atoms with Crippen molar-refractivity contribution in [2.75, 3.05) is 32.8 Å². The lowest BCUT2D eigenvalue weighted by Crippen LogP contribution is -2.61. The Labute approximate surface area is 576 Å². The number of aromatic nitrogens is 1. The maximum atomic E-state index is 15.1. The third-order valence-corrected chi connectivity index (χ3v) is 16.5. The quantitative estimate of drug-likeness (QED) is 0.0175. The molecule has 1 aromatic heterocycles. The Balaban J connectivity index is 1.48. The van der Waals surface area contributed by atoms with Gasteiger partial charge in [0.1, 0.15) is 60.4 Å². The number of hydroxylamine groups is 1. The van der Waals surface area contributed by atoms with Crippen molar-refractivity contribution in [2.45, 2.75) is 190 Å². The number of aliphatic hydroxyl groups excluding tert-OH is 2. The second-order valence-corrected chi connectivity index (χ2v) is 24.4. The minimum absolute atomic E-state index is 0.00188. The zero-order chi connectivity index (χ0) is 73.4. The number of unbranched alkanes of at least 4 members (excludes halogenated alkanes) is 1. The largest absolute Gasteiger partial charge is 0.394 e. The molecule has 36 heteroatoms. The van der Waals surface area contributed by atoms with E-state index in [9.17, 15) is 67.7 Å². The van der Waals surface area contributed by atoms with E-state index in [1.54, 1.807) is 55.6 Å². The first kappa shape index (κ1) is 80.2. The number of amides is 12. The Kier molecular flexibility index (Phi) is 32.9. The molecular formula is C64H96N20O16. The van der Waals surface area contributed by atoms with E-state index < -0.39 is 176 Å². The molecule has 0 aliphatic carbocycles. The van der Waals surface area contributed by atoms with Gasteiger partial charge in [-0.3, -0.25) is 72.3 Å². The van der Waals surface area contributed by atoms with Crippen LogP contribution in [-0.4, -0.2) is 208 Å². The zero-order valence-corrected chi connectivity index (χ0v) is 56.1. The van der Waals surface area contributed by atoms with E-state index in [2.05, 4.69) is 68.3 Å². The molecule has 0 saturated carbocycles. The van der Waals surface area contributed by atoms with E-state index in [-0.39, 0.29) is 115 Å².